The van der Waals surface area contributed by atoms with E-state index in [1.165, 1.54) is 11.3 Å². The van der Waals surface area contributed by atoms with Crippen molar-refractivity contribution in [2.24, 2.45) is 7.05 Å². The van der Waals surface area contributed by atoms with Gasteiger partial charge in [-0.25, -0.2) is 9.78 Å². The van der Waals surface area contributed by atoms with E-state index >= 15 is 0 Å². The van der Waals surface area contributed by atoms with Crippen LogP contribution in [0.1, 0.15) is 27.4 Å². The maximum atomic E-state index is 12.6. The Labute approximate surface area is 167 Å². The lowest BCUT2D eigenvalue weighted by Crippen LogP contribution is -2.07. The van der Waals surface area contributed by atoms with Crippen molar-refractivity contribution < 1.29 is 9.53 Å². The minimum Gasteiger partial charge on any atom is -0.455 e. The molecular formula is C21H20N4O2S. The third kappa shape index (κ3) is 3.48. The molecule has 0 aliphatic rings. The van der Waals surface area contributed by atoms with Crippen molar-refractivity contribution >= 4 is 17.3 Å². The van der Waals surface area contributed by atoms with Crippen LogP contribution in [-0.2, 0) is 18.4 Å². The van der Waals surface area contributed by atoms with E-state index in [4.69, 9.17) is 4.74 Å². The summed E-state index contributed by atoms with van der Waals surface area (Å²) in [5.74, 6) is -0.341. The number of hydrogen-bond donors (Lipinski definition) is 0. The minimum absolute atomic E-state index is 0.143. The van der Waals surface area contributed by atoms with Gasteiger partial charge in [-0.05, 0) is 32.0 Å². The second-order valence-electron chi connectivity index (χ2n) is 6.58. The Morgan fingerprint density at radius 3 is 2.71 bits per heavy atom. The zero-order chi connectivity index (χ0) is 19.7. The van der Waals surface area contributed by atoms with Crippen LogP contribution in [0, 0.1) is 13.8 Å². The molecule has 0 saturated carbocycles. The Kier molecular flexibility index (Phi) is 4.83. The number of carbonyl (C=O) groups excluding carboxylic acids is 1. The highest BCUT2D eigenvalue weighted by atomic mass is 32.1. The van der Waals surface area contributed by atoms with Crippen LogP contribution < -0.4 is 0 Å². The molecule has 7 heteroatoms. The molecule has 3 aromatic heterocycles. The minimum atomic E-state index is -0.341. The SMILES string of the molecule is Cc1cc(C(=O)OCc2csc(-c3cnn(C)c3)n2)c(C)n1-c1ccccc1. The number of thiazole rings is 1. The number of esters is 1. The molecule has 0 spiro atoms. The molecule has 142 valence electrons. The van der Waals surface area contributed by atoms with Gasteiger partial charge in [0.2, 0.25) is 0 Å². The summed E-state index contributed by atoms with van der Waals surface area (Å²) in [6.07, 6.45) is 3.68. The second kappa shape index (κ2) is 7.44. The highest BCUT2D eigenvalue weighted by Crippen LogP contribution is 2.24. The summed E-state index contributed by atoms with van der Waals surface area (Å²) in [5, 5.41) is 6.93. The van der Waals surface area contributed by atoms with Crippen molar-refractivity contribution in [2.45, 2.75) is 20.5 Å². The molecule has 3 heterocycles. The summed E-state index contributed by atoms with van der Waals surface area (Å²) < 4.78 is 9.32. The van der Waals surface area contributed by atoms with E-state index in [0.717, 1.165) is 33.3 Å². The van der Waals surface area contributed by atoms with E-state index in [1.807, 2.05) is 68.9 Å². The Balaban J connectivity index is 1.48. The summed E-state index contributed by atoms with van der Waals surface area (Å²) in [4.78, 5) is 17.2. The van der Waals surface area contributed by atoms with Crippen LogP contribution in [0.2, 0.25) is 0 Å². The van der Waals surface area contributed by atoms with Crippen LogP contribution >= 0.6 is 11.3 Å². The summed E-state index contributed by atoms with van der Waals surface area (Å²) >= 11 is 1.51. The van der Waals surface area contributed by atoms with Gasteiger partial charge in [-0.3, -0.25) is 4.68 Å². The first-order chi connectivity index (χ1) is 13.5. The Morgan fingerprint density at radius 2 is 2.00 bits per heavy atom. The maximum Gasteiger partial charge on any atom is 0.340 e. The number of hydrogen-bond acceptors (Lipinski definition) is 5. The molecule has 0 unspecified atom stereocenters. The average molecular weight is 392 g/mol. The monoisotopic (exact) mass is 392 g/mol. The number of rotatable bonds is 5. The van der Waals surface area contributed by atoms with Gasteiger partial charge >= 0.3 is 5.97 Å². The molecule has 0 bridgehead atoms. The molecule has 0 N–H and O–H groups in total. The predicted octanol–water partition coefficient (Wildman–Crippen LogP) is 4.31. The fourth-order valence-electron chi connectivity index (χ4n) is 3.20. The van der Waals surface area contributed by atoms with Crippen LogP contribution in [0.3, 0.4) is 0 Å². The van der Waals surface area contributed by atoms with Gasteiger partial charge in [0.05, 0.1) is 17.5 Å². The van der Waals surface area contributed by atoms with Gasteiger partial charge in [-0.1, -0.05) is 18.2 Å². The van der Waals surface area contributed by atoms with E-state index in [9.17, 15) is 4.79 Å². The second-order valence-corrected chi connectivity index (χ2v) is 7.44. The Hall–Kier alpha value is -3.19. The fourth-order valence-corrected chi connectivity index (χ4v) is 3.98. The van der Waals surface area contributed by atoms with Gasteiger partial charge in [-0.15, -0.1) is 11.3 Å². The van der Waals surface area contributed by atoms with Gasteiger partial charge in [0, 0.05) is 41.3 Å². The average Bonchev–Trinajstić information content (AvgIpc) is 3.40. The molecule has 0 fully saturated rings. The number of carbonyl (C=O) groups is 1. The molecule has 4 rings (SSSR count). The first-order valence-corrected chi connectivity index (χ1v) is 9.76. The molecule has 0 aliphatic carbocycles. The maximum absolute atomic E-state index is 12.6. The normalized spacial score (nSPS) is 11.0. The van der Waals surface area contributed by atoms with Crippen molar-refractivity contribution in [2.75, 3.05) is 0 Å². The summed E-state index contributed by atoms with van der Waals surface area (Å²) in [7, 11) is 1.87. The molecule has 28 heavy (non-hydrogen) atoms. The van der Waals surface area contributed by atoms with Crippen LogP contribution in [0.4, 0.5) is 0 Å². The number of benzene rings is 1. The zero-order valence-electron chi connectivity index (χ0n) is 15.9. The van der Waals surface area contributed by atoms with E-state index in [2.05, 4.69) is 14.6 Å². The van der Waals surface area contributed by atoms with Crippen LogP contribution in [0.5, 0.6) is 0 Å². The van der Waals surface area contributed by atoms with Crippen LogP contribution in [0.25, 0.3) is 16.3 Å². The molecule has 0 aliphatic heterocycles. The highest BCUT2D eigenvalue weighted by molar-refractivity contribution is 7.13. The van der Waals surface area contributed by atoms with Gasteiger partial charge in [-0.2, -0.15) is 5.10 Å². The Bertz CT molecular complexity index is 1120. The number of ether oxygens (including phenoxy) is 1. The standard InChI is InChI=1S/C21H20N4O2S/c1-14-9-19(15(2)25(14)18-7-5-4-6-8-18)21(26)27-12-17-13-28-20(23-17)16-10-22-24(3)11-16/h4-11,13H,12H2,1-3H3. The molecule has 0 saturated heterocycles. The quantitative estimate of drug-likeness (QED) is 0.475. The van der Waals surface area contributed by atoms with E-state index in [-0.39, 0.29) is 12.6 Å². The molecule has 0 radical (unpaired) electrons. The van der Waals surface area contributed by atoms with Crippen molar-refractivity contribution in [3.63, 3.8) is 0 Å². The highest BCUT2D eigenvalue weighted by Gasteiger charge is 2.18. The molecule has 0 amide bonds. The fraction of sp³-hybridized carbons (Fsp3) is 0.190. The topological polar surface area (TPSA) is 61.9 Å². The third-order valence-electron chi connectivity index (χ3n) is 4.52. The molecular weight excluding hydrogens is 372 g/mol. The largest absolute Gasteiger partial charge is 0.455 e. The first-order valence-electron chi connectivity index (χ1n) is 8.88. The van der Waals surface area contributed by atoms with E-state index < -0.39 is 0 Å². The van der Waals surface area contributed by atoms with E-state index in [0.29, 0.717) is 5.56 Å². The van der Waals surface area contributed by atoms with Gasteiger partial charge in [0.1, 0.15) is 11.6 Å². The number of aromatic nitrogens is 4. The van der Waals surface area contributed by atoms with Crippen LogP contribution in [0.15, 0.2) is 54.2 Å². The lowest BCUT2D eigenvalue weighted by atomic mass is 10.2. The molecule has 4 aromatic rings. The number of para-hydroxylation sites is 1. The van der Waals surface area contributed by atoms with Gasteiger partial charge in [0.15, 0.2) is 0 Å². The summed E-state index contributed by atoms with van der Waals surface area (Å²) in [6, 6.07) is 11.8. The zero-order valence-corrected chi connectivity index (χ0v) is 16.7. The molecule has 0 atom stereocenters. The predicted molar refractivity (Wildman–Crippen MR) is 109 cm³/mol. The van der Waals surface area contributed by atoms with Gasteiger partial charge in [0.25, 0.3) is 0 Å². The molecule has 6 nitrogen and oxygen atoms in total. The first kappa shape index (κ1) is 18.2. The molecule has 1 aromatic carbocycles. The number of nitrogens with zero attached hydrogens (tertiary/aromatic N) is 4. The lowest BCUT2D eigenvalue weighted by Gasteiger charge is -2.09. The van der Waals surface area contributed by atoms with Crippen molar-refractivity contribution in [3.05, 3.63) is 76.8 Å². The van der Waals surface area contributed by atoms with Crippen molar-refractivity contribution in [3.8, 4) is 16.3 Å². The summed E-state index contributed by atoms with van der Waals surface area (Å²) in [5.41, 5.74) is 5.14. The van der Waals surface area contributed by atoms with Crippen molar-refractivity contribution in [1.82, 2.24) is 19.3 Å². The van der Waals surface area contributed by atoms with E-state index in [1.54, 1.807) is 10.9 Å². The Morgan fingerprint density at radius 1 is 1.21 bits per heavy atom. The lowest BCUT2D eigenvalue weighted by molar-refractivity contribution is 0.0467. The van der Waals surface area contributed by atoms with Gasteiger partial charge < -0.3 is 9.30 Å². The van der Waals surface area contributed by atoms with Crippen LogP contribution in [-0.4, -0.2) is 25.3 Å². The number of aryl methyl sites for hydroxylation is 2. The third-order valence-corrected chi connectivity index (χ3v) is 5.46. The smallest absolute Gasteiger partial charge is 0.340 e. The van der Waals surface area contributed by atoms with Crippen molar-refractivity contribution in [1.29, 1.82) is 0 Å². The summed E-state index contributed by atoms with van der Waals surface area (Å²) in [6.45, 7) is 4.06.